The van der Waals surface area contributed by atoms with E-state index in [1.54, 1.807) is 5.56 Å². The Morgan fingerprint density at radius 2 is 2.12 bits per heavy atom. The fourth-order valence-electron chi connectivity index (χ4n) is 2.26. The van der Waals surface area contributed by atoms with Crippen LogP contribution in [0.3, 0.4) is 0 Å². The summed E-state index contributed by atoms with van der Waals surface area (Å²) in [5, 5.41) is 3.69. The standard InChI is InChI=1S/C15H23NS/c1-3-14(11-17-2)16-10-13-6-4-5-7-15(13)12-8-9-12/h4-7,12,14,16H,3,8-11H2,1-2H3. The Kier molecular flexibility index (Phi) is 4.93. The van der Waals surface area contributed by atoms with Crippen LogP contribution in [0.1, 0.15) is 43.2 Å². The summed E-state index contributed by atoms with van der Waals surface area (Å²) in [6.07, 6.45) is 6.17. The molecule has 94 valence electrons. The van der Waals surface area contributed by atoms with Gasteiger partial charge in [-0.15, -0.1) is 0 Å². The smallest absolute Gasteiger partial charge is 0.0211 e. The number of thioether (sulfide) groups is 1. The number of benzene rings is 1. The van der Waals surface area contributed by atoms with Gasteiger partial charge in [0.05, 0.1) is 0 Å². The highest BCUT2D eigenvalue weighted by molar-refractivity contribution is 7.98. The van der Waals surface area contributed by atoms with E-state index in [0.29, 0.717) is 6.04 Å². The van der Waals surface area contributed by atoms with Crippen molar-refractivity contribution in [2.45, 2.75) is 44.7 Å². The second-order valence-corrected chi connectivity index (χ2v) is 5.83. The van der Waals surface area contributed by atoms with Crippen molar-refractivity contribution in [2.75, 3.05) is 12.0 Å². The zero-order valence-electron chi connectivity index (χ0n) is 10.9. The van der Waals surface area contributed by atoms with Crippen LogP contribution in [0.15, 0.2) is 24.3 Å². The summed E-state index contributed by atoms with van der Waals surface area (Å²) < 4.78 is 0. The van der Waals surface area contributed by atoms with Crippen molar-refractivity contribution in [1.29, 1.82) is 0 Å². The lowest BCUT2D eigenvalue weighted by atomic mass is 10.0. The zero-order chi connectivity index (χ0) is 12.1. The summed E-state index contributed by atoms with van der Waals surface area (Å²) in [6, 6.07) is 9.59. The van der Waals surface area contributed by atoms with Crippen LogP contribution in [0.25, 0.3) is 0 Å². The molecule has 0 amide bonds. The minimum atomic E-state index is 0.650. The number of hydrogen-bond acceptors (Lipinski definition) is 2. The van der Waals surface area contributed by atoms with Crippen LogP contribution < -0.4 is 5.32 Å². The van der Waals surface area contributed by atoms with Gasteiger partial charge in [-0.3, -0.25) is 0 Å². The molecule has 2 rings (SSSR count). The molecule has 2 heteroatoms. The fourth-order valence-corrected chi connectivity index (χ4v) is 3.02. The Balaban J connectivity index is 1.93. The average Bonchev–Trinajstić information content (AvgIpc) is 3.19. The van der Waals surface area contributed by atoms with Crippen LogP contribution in [0.5, 0.6) is 0 Å². The summed E-state index contributed by atoms with van der Waals surface area (Å²) in [7, 11) is 0. The van der Waals surface area contributed by atoms with E-state index in [0.717, 1.165) is 12.5 Å². The lowest BCUT2D eigenvalue weighted by molar-refractivity contribution is 0.539. The van der Waals surface area contributed by atoms with Crippen molar-refractivity contribution in [3.8, 4) is 0 Å². The van der Waals surface area contributed by atoms with E-state index >= 15 is 0 Å². The molecule has 1 saturated carbocycles. The lowest BCUT2D eigenvalue weighted by Gasteiger charge is -2.17. The van der Waals surface area contributed by atoms with Gasteiger partial charge in [0.2, 0.25) is 0 Å². The summed E-state index contributed by atoms with van der Waals surface area (Å²) in [5.74, 6) is 2.07. The first-order chi connectivity index (χ1) is 8.35. The van der Waals surface area contributed by atoms with Gasteiger partial charge in [0.1, 0.15) is 0 Å². The maximum atomic E-state index is 3.69. The van der Waals surface area contributed by atoms with E-state index in [2.05, 4.69) is 42.8 Å². The lowest BCUT2D eigenvalue weighted by Crippen LogP contribution is -2.30. The molecule has 1 fully saturated rings. The Morgan fingerprint density at radius 3 is 2.76 bits per heavy atom. The molecule has 1 aromatic rings. The largest absolute Gasteiger partial charge is 0.309 e. The van der Waals surface area contributed by atoms with Gasteiger partial charge in [0.15, 0.2) is 0 Å². The minimum absolute atomic E-state index is 0.650. The summed E-state index contributed by atoms with van der Waals surface area (Å²) in [5.41, 5.74) is 3.09. The van der Waals surface area contributed by atoms with E-state index in [1.807, 2.05) is 11.8 Å². The molecule has 1 nitrogen and oxygen atoms in total. The first-order valence-electron chi connectivity index (χ1n) is 6.65. The molecule has 0 saturated heterocycles. The van der Waals surface area contributed by atoms with E-state index in [-0.39, 0.29) is 0 Å². The molecule has 0 heterocycles. The maximum absolute atomic E-state index is 3.69. The molecule has 1 N–H and O–H groups in total. The normalized spacial score (nSPS) is 17.1. The fraction of sp³-hybridized carbons (Fsp3) is 0.600. The average molecular weight is 249 g/mol. The SMILES string of the molecule is CCC(CSC)NCc1ccccc1C1CC1. The van der Waals surface area contributed by atoms with Crippen molar-refractivity contribution in [3.05, 3.63) is 35.4 Å². The third kappa shape index (κ3) is 3.75. The highest BCUT2D eigenvalue weighted by Gasteiger charge is 2.25. The van der Waals surface area contributed by atoms with Crippen LogP contribution in [-0.4, -0.2) is 18.1 Å². The molecular formula is C15H23NS. The van der Waals surface area contributed by atoms with Gasteiger partial charge in [-0.25, -0.2) is 0 Å². The predicted molar refractivity (Wildman–Crippen MR) is 77.7 cm³/mol. The molecule has 1 aliphatic rings. The summed E-state index contributed by atoms with van der Waals surface area (Å²) in [4.78, 5) is 0. The summed E-state index contributed by atoms with van der Waals surface area (Å²) in [6.45, 7) is 3.30. The second kappa shape index (κ2) is 6.46. The summed E-state index contributed by atoms with van der Waals surface area (Å²) >= 11 is 1.93. The van der Waals surface area contributed by atoms with Gasteiger partial charge in [-0.2, -0.15) is 11.8 Å². The molecule has 1 atom stereocenters. The number of rotatable bonds is 7. The second-order valence-electron chi connectivity index (χ2n) is 4.91. The molecule has 1 aromatic carbocycles. The van der Waals surface area contributed by atoms with Gasteiger partial charge >= 0.3 is 0 Å². The molecule has 0 bridgehead atoms. The predicted octanol–water partition coefficient (Wildman–Crippen LogP) is 3.80. The molecule has 17 heavy (non-hydrogen) atoms. The van der Waals surface area contributed by atoms with E-state index in [4.69, 9.17) is 0 Å². The highest BCUT2D eigenvalue weighted by Crippen LogP contribution is 2.41. The highest BCUT2D eigenvalue weighted by atomic mass is 32.2. The molecule has 0 spiro atoms. The molecule has 0 aromatic heterocycles. The molecule has 0 radical (unpaired) electrons. The molecular weight excluding hydrogens is 226 g/mol. The van der Waals surface area contributed by atoms with Crippen LogP contribution in [0, 0.1) is 0 Å². The Labute approximate surface area is 109 Å². The quantitative estimate of drug-likeness (QED) is 0.789. The van der Waals surface area contributed by atoms with Gasteiger partial charge in [0.25, 0.3) is 0 Å². The van der Waals surface area contributed by atoms with E-state index < -0.39 is 0 Å². The van der Waals surface area contributed by atoms with Crippen molar-refractivity contribution in [3.63, 3.8) is 0 Å². The zero-order valence-corrected chi connectivity index (χ0v) is 11.7. The number of nitrogens with one attached hydrogen (secondary N) is 1. The van der Waals surface area contributed by atoms with Crippen LogP contribution in [0.2, 0.25) is 0 Å². The van der Waals surface area contributed by atoms with Gasteiger partial charge in [-0.1, -0.05) is 31.2 Å². The third-order valence-corrected chi connectivity index (χ3v) is 4.25. The minimum Gasteiger partial charge on any atom is -0.309 e. The third-order valence-electron chi connectivity index (χ3n) is 3.51. The molecule has 1 unspecified atom stereocenters. The first-order valence-corrected chi connectivity index (χ1v) is 8.04. The van der Waals surface area contributed by atoms with Crippen molar-refractivity contribution in [2.24, 2.45) is 0 Å². The molecule has 0 aliphatic heterocycles. The van der Waals surface area contributed by atoms with E-state index in [1.165, 1.54) is 30.6 Å². The van der Waals surface area contributed by atoms with Crippen LogP contribution in [-0.2, 0) is 6.54 Å². The van der Waals surface area contributed by atoms with Gasteiger partial charge in [-0.05, 0) is 42.6 Å². The monoisotopic (exact) mass is 249 g/mol. The van der Waals surface area contributed by atoms with E-state index in [9.17, 15) is 0 Å². The Bertz CT molecular complexity index is 347. The maximum Gasteiger partial charge on any atom is 0.0211 e. The van der Waals surface area contributed by atoms with Gasteiger partial charge < -0.3 is 5.32 Å². The van der Waals surface area contributed by atoms with Crippen molar-refractivity contribution in [1.82, 2.24) is 5.32 Å². The number of hydrogen-bond donors (Lipinski definition) is 1. The van der Waals surface area contributed by atoms with Crippen molar-refractivity contribution < 1.29 is 0 Å². The first kappa shape index (κ1) is 13.0. The van der Waals surface area contributed by atoms with Crippen LogP contribution in [0.4, 0.5) is 0 Å². The van der Waals surface area contributed by atoms with Crippen LogP contribution >= 0.6 is 11.8 Å². The Morgan fingerprint density at radius 1 is 1.35 bits per heavy atom. The van der Waals surface area contributed by atoms with Crippen molar-refractivity contribution >= 4 is 11.8 Å². The topological polar surface area (TPSA) is 12.0 Å². The van der Waals surface area contributed by atoms with Gasteiger partial charge in [0, 0.05) is 18.3 Å². The molecule has 1 aliphatic carbocycles. The Hall–Kier alpha value is -0.470.